The lowest BCUT2D eigenvalue weighted by Gasteiger charge is -2.13. The van der Waals surface area contributed by atoms with Gasteiger partial charge in [-0.2, -0.15) is 0 Å². The van der Waals surface area contributed by atoms with Gasteiger partial charge in [-0.05, 0) is 30.4 Å². The predicted octanol–water partition coefficient (Wildman–Crippen LogP) is 3.34. The molecule has 7 heteroatoms. The average molecular weight is 351 g/mol. The molecule has 2 N–H and O–H groups in total. The van der Waals surface area contributed by atoms with Crippen molar-refractivity contribution in [3.63, 3.8) is 0 Å². The summed E-state index contributed by atoms with van der Waals surface area (Å²) >= 11 is 2.62. The molecule has 0 bridgehead atoms. The number of methoxy groups -OCH3 is 1. The van der Waals surface area contributed by atoms with Gasteiger partial charge in [0.05, 0.1) is 7.11 Å². The van der Waals surface area contributed by atoms with Crippen LogP contribution in [0.15, 0.2) is 28.6 Å². The SMILES string of the molecule is CCCCc1ccc(C[C@@H](Sc2nnc(N)s2)C(=O)OC)cc1. The summed E-state index contributed by atoms with van der Waals surface area (Å²) in [6.07, 6.45) is 4.06. The second-order valence-electron chi connectivity index (χ2n) is 5.16. The van der Waals surface area contributed by atoms with Crippen molar-refractivity contribution < 1.29 is 9.53 Å². The first-order chi connectivity index (χ1) is 11.1. The number of esters is 1. The van der Waals surface area contributed by atoms with Gasteiger partial charge in [0.1, 0.15) is 5.25 Å². The molecule has 124 valence electrons. The summed E-state index contributed by atoms with van der Waals surface area (Å²) < 4.78 is 5.58. The fraction of sp³-hybridized carbons (Fsp3) is 0.438. The Labute approximate surface area is 144 Å². The number of rotatable bonds is 8. The standard InChI is InChI=1S/C16H21N3O2S2/c1-3-4-5-11-6-8-12(9-7-11)10-13(14(20)21-2)22-16-19-18-15(17)23-16/h6-9,13H,3-5,10H2,1-2H3,(H2,17,18)/t13-/m1/s1. The summed E-state index contributed by atoms with van der Waals surface area (Å²) in [5.41, 5.74) is 8.02. The summed E-state index contributed by atoms with van der Waals surface area (Å²) in [5, 5.41) is 7.78. The van der Waals surface area contributed by atoms with E-state index in [9.17, 15) is 4.79 Å². The quantitative estimate of drug-likeness (QED) is 0.580. The van der Waals surface area contributed by atoms with Gasteiger partial charge >= 0.3 is 5.97 Å². The van der Waals surface area contributed by atoms with Gasteiger partial charge < -0.3 is 10.5 Å². The topological polar surface area (TPSA) is 78.1 Å². The van der Waals surface area contributed by atoms with Gasteiger partial charge in [-0.25, -0.2) is 0 Å². The number of carbonyl (C=O) groups is 1. The number of hydrogen-bond donors (Lipinski definition) is 1. The molecule has 1 heterocycles. The number of nitrogens with two attached hydrogens (primary N) is 1. The molecule has 0 radical (unpaired) electrons. The fourth-order valence-corrected chi connectivity index (χ4v) is 4.07. The van der Waals surface area contributed by atoms with E-state index in [0.29, 0.717) is 15.9 Å². The van der Waals surface area contributed by atoms with E-state index in [4.69, 9.17) is 10.5 Å². The van der Waals surface area contributed by atoms with Crippen LogP contribution in [-0.2, 0) is 22.4 Å². The van der Waals surface area contributed by atoms with Gasteiger partial charge in [0, 0.05) is 0 Å². The first kappa shape index (κ1) is 17.7. The highest BCUT2D eigenvalue weighted by atomic mass is 32.2. The molecule has 0 saturated heterocycles. The lowest BCUT2D eigenvalue weighted by atomic mass is 10.0. The van der Waals surface area contributed by atoms with Crippen LogP contribution < -0.4 is 5.73 Å². The molecule has 0 spiro atoms. The molecule has 0 aliphatic carbocycles. The number of unbranched alkanes of at least 4 members (excludes halogenated alkanes) is 1. The number of thioether (sulfide) groups is 1. The number of aromatic nitrogens is 2. The molecule has 2 aromatic rings. The number of nitrogens with zero attached hydrogens (tertiary/aromatic N) is 2. The van der Waals surface area contributed by atoms with Crippen LogP contribution >= 0.6 is 23.1 Å². The van der Waals surface area contributed by atoms with Crippen LogP contribution in [0.25, 0.3) is 0 Å². The lowest BCUT2D eigenvalue weighted by molar-refractivity contribution is -0.139. The largest absolute Gasteiger partial charge is 0.468 e. The highest BCUT2D eigenvalue weighted by Crippen LogP contribution is 2.30. The first-order valence-electron chi connectivity index (χ1n) is 7.53. The molecule has 2 rings (SSSR count). The molecular weight excluding hydrogens is 330 g/mol. The van der Waals surface area contributed by atoms with Crippen LogP contribution in [0.3, 0.4) is 0 Å². The number of benzene rings is 1. The molecule has 23 heavy (non-hydrogen) atoms. The van der Waals surface area contributed by atoms with Crippen LogP contribution in [-0.4, -0.2) is 28.5 Å². The summed E-state index contributed by atoms with van der Waals surface area (Å²) in [7, 11) is 1.40. The minimum Gasteiger partial charge on any atom is -0.468 e. The number of hydrogen-bond acceptors (Lipinski definition) is 7. The van der Waals surface area contributed by atoms with Gasteiger partial charge in [-0.3, -0.25) is 4.79 Å². The van der Waals surface area contributed by atoms with Crippen molar-refractivity contribution in [2.45, 2.75) is 42.2 Å². The summed E-state index contributed by atoms with van der Waals surface area (Å²) in [6.45, 7) is 2.19. The van der Waals surface area contributed by atoms with Crippen molar-refractivity contribution in [3.8, 4) is 0 Å². The Morgan fingerprint density at radius 3 is 2.57 bits per heavy atom. The van der Waals surface area contributed by atoms with E-state index < -0.39 is 0 Å². The zero-order chi connectivity index (χ0) is 16.7. The highest BCUT2D eigenvalue weighted by Gasteiger charge is 2.23. The Bertz CT molecular complexity index is 629. The summed E-state index contributed by atoms with van der Waals surface area (Å²) in [4.78, 5) is 12.0. The number of aryl methyl sites for hydroxylation is 1. The van der Waals surface area contributed by atoms with E-state index in [0.717, 1.165) is 12.0 Å². The molecule has 0 saturated carbocycles. The average Bonchev–Trinajstić information content (AvgIpc) is 2.98. The van der Waals surface area contributed by atoms with Gasteiger partial charge in [0.2, 0.25) is 5.13 Å². The molecule has 1 aromatic heterocycles. The van der Waals surface area contributed by atoms with Gasteiger partial charge in [-0.15, -0.1) is 10.2 Å². The smallest absolute Gasteiger partial charge is 0.319 e. The third-order valence-corrected chi connectivity index (χ3v) is 5.40. The fourth-order valence-electron chi connectivity index (χ4n) is 2.13. The maximum atomic E-state index is 12.0. The lowest BCUT2D eigenvalue weighted by Crippen LogP contribution is -2.21. The summed E-state index contributed by atoms with van der Waals surface area (Å²) in [5.74, 6) is -0.265. The third-order valence-electron chi connectivity index (χ3n) is 3.39. The Kier molecular flexibility index (Phi) is 6.85. The van der Waals surface area contributed by atoms with Gasteiger partial charge in [0.25, 0.3) is 0 Å². The predicted molar refractivity (Wildman–Crippen MR) is 94.7 cm³/mol. The van der Waals surface area contributed by atoms with E-state index >= 15 is 0 Å². The van der Waals surface area contributed by atoms with Crippen LogP contribution in [0, 0.1) is 0 Å². The van der Waals surface area contributed by atoms with E-state index in [2.05, 4.69) is 41.4 Å². The number of ether oxygens (including phenoxy) is 1. The Morgan fingerprint density at radius 1 is 1.30 bits per heavy atom. The highest BCUT2D eigenvalue weighted by molar-refractivity contribution is 8.02. The Hall–Kier alpha value is -1.60. The Morgan fingerprint density at radius 2 is 2.00 bits per heavy atom. The van der Waals surface area contributed by atoms with Crippen LogP contribution in [0.5, 0.6) is 0 Å². The molecule has 0 aliphatic rings. The van der Waals surface area contributed by atoms with Crippen molar-refractivity contribution in [2.24, 2.45) is 0 Å². The molecule has 5 nitrogen and oxygen atoms in total. The maximum absolute atomic E-state index is 12.0. The number of anilines is 1. The minimum atomic E-state index is -0.353. The van der Waals surface area contributed by atoms with E-state index in [1.165, 1.54) is 48.6 Å². The Balaban J connectivity index is 2.03. The van der Waals surface area contributed by atoms with Crippen molar-refractivity contribution in [1.82, 2.24) is 10.2 Å². The second-order valence-corrected chi connectivity index (χ2v) is 7.62. The molecule has 0 fully saturated rings. The number of nitrogen functional groups attached to an aromatic ring is 1. The monoisotopic (exact) mass is 351 g/mol. The van der Waals surface area contributed by atoms with Crippen molar-refractivity contribution in [2.75, 3.05) is 12.8 Å². The van der Waals surface area contributed by atoms with E-state index in [-0.39, 0.29) is 11.2 Å². The summed E-state index contributed by atoms with van der Waals surface area (Å²) in [6, 6.07) is 8.42. The first-order valence-corrected chi connectivity index (χ1v) is 9.23. The van der Waals surface area contributed by atoms with Crippen LogP contribution in [0.4, 0.5) is 5.13 Å². The molecule has 0 amide bonds. The van der Waals surface area contributed by atoms with Crippen molar-refractivity contribution in [3.05, 3.63) is 35.4 Å². The molecule has 0 aliphatic heterocycles. The minimum absolute atomic E-state index is 0.265. The maximum Gasteiger partial charge on any atom is 0.319 e. The molecule has 0 unspecified atom stereocenters. The van der Waals surface area contributed by atoms with E-state index in [1.54, 1.807) is 0 Å². The van der Waals surface area contributed by atoms with Gasteiger partial charge in [-0.1, -0.05) is 60.7 Å². The van der Waals surface area contributed by atoms with Crippen LogP contribution in [0.2, 0.25) is 0 Å². The second kappa shape index (κ2) is 8.88. The zero-order valence-electron chi connectivity index (χ0n) is 13.3. The normalized spacial score (nSPS) is 12.1. The van der Waals surface area contributed by atoms with Crippen molar-refractivity contribution >= 4 is 34.2 Å². The third kappa shape index (κ3) is 5.51. The zero-order valence-corrected chi connectivity index (χ0v) is 15.0. The van der Waals surface area contributed by atoms with Crippen molar-refractivity contribution in [1.29, 1.82) is 0 Å². The van der Waals surface area contributed by atoms with E-state index in [1.807, 2.05) is 0 Å². The molecule has 1 atom stereocenters. The van der Waals surface area contributed by atoms with Gasteiger partial charge in [0.15, 0.2) is 4.34 Å². The molecular formula is C16H21N3O2S2. The molecule has 1 aromatic carbocycles. The van der Waals surface area contributed by atoms with Crippen LogP contribution in [0.1, 0.15) is 30.9 Å². The number of carbonyl (C=O) groups excluding carboxylic acids is 1.